The van der Waals surface area contributed by atoms with E-state index in [1.807, 2.05) is 24.3 Å². The number of benzene rings is 2. The van der Waals surface area contributed by atoms with Gasteiger partial charge in [0.15, 0.2) is 0 Å². The summed E-state index contributed by atoms with van der Waals surface area (Å²) in [6, 6.07) is 14.4. The van der Waals surface area contributed by atoms with Gasteiger partial charge in [-0.2, -0.15) is 0 Å². The first-order chi connectivity index (χ1) is 14.4. The van der Waals surface area contributed by atoms with Crippen molar-refractivity contribution < 1.29 is 14.4 Å². The molecule has 2 rings (SSSR count). The molecule has 7 nitrogen and oxygen atoms in total. The molecule has 2 aromatic rings. The lowest BCUT2D eigenvalue weighted by molar-refractivity contribution is -0.117. The quantitative estimate of drug-likeness (QED) is 0.511. The number of hydrogen-bond donors (Lipinski definition) is 3. The lowest BCUT2D eigenvalue weighted by Crippen LogP contribution is -2.23. The molecule has 0 aromatic heterocycles. The van der Waals surface area contributed by atoms with E-state index in [2.05, 4.69) is 22.9 Å². The molecular formula is C23H30N4O3. The minimum Gasteiger partial charge on any atom is -0.376 e. The Kier molecular flexibility index (Phi) is 8.87. The highest BCUT2D eigenvalue weighted by molar-refractivity contribution is 5.96. The Hall–Kier alpha value is -3.35. The fourth-order valence-corrected chi connectivity index (χ4v) is 2.81. The van der Waals surface area contributed by atoms with Crippen LogP contribution in [0.3, 0.4) is 0 Å². The molecule has 3 N–H and O–H groups in total. The highest BCUT2D eigenvalue weighted by Gasteiger charge is 2.07. The maximum absolute atomic E-state index is 12.2. The van der Waals surface area contributed by atoms with Crippen molar-refractivity contribution in [3.8, 4) is 0 Å². The molecule has 0 radical (unpaired) electrons. The molecule has 0 spiro atoms. The SMILES string of the molecule is CCCCCC(=O)Nc1cccc(NC(=O)CNc2ccc(N(C)C(C)=O)cc2)c1. The standard InChI is InChI=1S/C23H30N4O3/c1-4-5-6-10-22(29)25-19-8-7-9-20(15-19)26-23(30)16-24-18-11-13-21(14-12-18)27(3)17(2)28/h7-9,11-15,24H,4-6,10,16H2,1-3H3,(H,25,29)(H,26,30). The Labute approximate surface area is 177 Å². The van der Waals surface area contributed by atoms with Crippen molar-refractivity contribution in [2.75, 3.05) is 34.4 Å². The van der Waals surface area contributed by atoms with Crippen molar-refractivity contribution in [3.63, 3.8) is 0 Å². The number of carbonyl (C=O) groups excluding carboxylic acids is 3. The van der Waals surface area contributed by atoms with Crippen LogP contribution in [0.2, 0.25) is 0 Å². The first-order valence-corrected chi connectivity index (χ1v) is 10.2. The lowest BCUT2D eigenvalue weighted by Gasteiger charge is -2.15. The van der Waals surface area contributed by atoms with E-state index in [9.17, 15) is 14.4 Å². The number of hydrogen-bond acceptors (Lipinski definition) is 4. The summed E-state index contributed by atoms with van der Waals surface area (Å²) in [4.78, 5) is 37.1. The Bertz CT molecular complexity index is 865. The van der Waals surface area contributed by atoms with Crippen LogP contribution >= 0.6 is 0 Å². The topological polar surface area (TPSA) is 90.5 Å². The van der Waals surface area contributed by atoms with E-state index in [0.717, 1.165) is 30.6 Å². The summed E-state index contributed by atoms with van der Waals surface area (Å²) in [6.45, 7) is 3.69. The molecule has 0 saturated carbocycles. The van der Waals surface area contributed by atoms with Gasteiger partial charge in [-0.05, 0) is 48.9 Å². The van der Waals surface area contributed by atoms with Crippen molar-refractivity contribution in [3.05, 3.63) is 48.5 Å². The van der Waals surface area contributed by atoms with Gasteiger partial charge in [0.05, 0.1) is 6.54 Å². The van der Waals surface area contributed by atoms with Gasteiger partial charge in [0, 0.05) is 43.1 Å². The minimum absolute atomic E-state index is 0.0209. The predicted octanol–water partition coefficient (Wildman–Crippen LogP) is 4.24. The van der Waals surface area contributed by atoms with E-state index >= 15 is 0 Å². The molecule has 3 amide bonds. The Balaban J connectivity index is 1.83. The van der Waals surface area contributed by atoms with Crippen LogP contribution in [0.15, 0.2) is 48.5 Å². The largest absolute Gasteiger partial charge is 0.376 e. The van der Waals surface area contributed by atoms with Crippen LogP contribution in [0.5, 0.6) is 0 Å². The highest BCUT2D eigenvalue weighted by Crippen LogP contribution is 2.18. The van der Waals surface area contributed by atoms with Gasteiger partial charge < -0.3 is 20.9 Å². The minimum atomic E-state index is -0.202. The maximum atomic E-state index is 12.2. The number of amides is 3. The first-order valence-electron chi connectivity index (χ1n) is 10.2. The van der Waals surface area contributed by atoms with Gasteiger partial charge in [0.2, 0.25) is 17.7 Å². The molecule has 0 aliphatic heterocycles. The van der Waals surface area contributed by atoms with Crippen molar-refractivity contribution in [1.82, 2.24) is 0 Å². The summed E-state index contributed by atoms with van der Waals surface area (Å²) < 4.78 is 0. The van der Waals surface area contributed by atoms with Crippen LogP contribution in [0.25, 0.3) is 0 Å². The predicted molar refractivity (Wildman–Crippen MR) is 122 cm³/mol. The Morgan fingerprint density at radius 1 is 0.867 bits per heavy atom. The normalized spacial score (nSPS) is 10.2. The van der Waals surface area contributed by atoms with Gasteiger partial charge in [0.1, 0.15) is 0 Å². The third kappa shape index (κ3) is 7.58. The fraction of sp³-hybridized carbons (Fsp3) is 0.348. The summed E-state index contributed by atoms with van der Waals surface area (Å²) in [5, 5.41) is 8.73. The van der Waals surface area contributed by atoms with E-state index in [4.69, 9.17) is 0 Å². The van der Waals surface area contributed by atoms with E-state index < -0.39 is 0 Å². The summed E-state index contributed by atoms with van der Waals surface area (Å²) in [5.41, 5.74) is 2.84. The van der Waals surface area contributed by atoms with Crippen molar-refractivity contribution in [2.45, 2.75) is 39.5 Å². The Morgan fingerprint density at radius 3 is 2.10 bits per heavy atom. The van der Waals surface area contributed by atoms with Crippen LogP contribution < -0.4 is 20.9 Å². The molecule has 160 valence electrons. The van der Waals surface area contributed by atoms with Gasteiger partial charge in [-0.25, -0.2) is 0 Å². The number of anilines is 4. The van der Waals surface area contributed by atoms with Crippen molar-refractivity contribution in [2.24, 2.45) is 0 Å². The monoisotopic (exact) mass is 410 g/mol. The lowest BCUT2D eigenvalue weighted by atomic mass is 10.2. The number of nitrogens with zero attached hydrogens (tertiary/aromatic N) is 1. The first kappa shape index (κ1) is 22.9. The molecule has 0 aliphatic rings. The summed E-state index contributed by atoms with van der Waals surface area (Å²) in [7, 11) is 1.71. The highest BCUT2D eigenvalue weighted by atomic mass is 16.2. The van der Waals surface area contributed by atoms with Gasteiger partial charge in [-0.3, -0.25) is 14.4 Å². The van der Waals surface area contributed by atoms with E-state index in [1.54, 1.807) is 36.2 Å². The molecule has 0 saturated heterocycles. The average Bonchev–Trinajstić information content (AvgIpc) is 2.72. The van der Waals surface area contributed by atoms with Gasteiger partial charge in [-0.1, -0.05) is 25.8 Å². The molecule has 30 heavy (non-hydrogen) atoms. The van der Waals surface area contributed by atoms with Gasteiger partial charge >= 0.3 is 0 Å². The third-order valence-corrected chi connectivity index (χ3v) is 4.62. The summed E-state index contributed by atoms with van der Waals surface area (Å²) >= 11 is 0. The van der Waals surface area contributed by atoms with Crippen LogP contribution in [-0.4, -0.2) is 31.3 Å². The summed E-state index contributed by atoms with van der Waals surface area (Å²) in [6.07, 6.45) is 3.47. The van der Waals surface area contributed by atoms with Gasteiger partial charge in [0.25, 0.3) is 0 Å². The second-order valence-corrected chi connectivity index (χ2v) is 7.11. The smallest absolute Gasteiger partial charge is 0.243 e. The molecule has 7 heteroatoms. The molecule has 0 atom stereocenters. The van der Waals surface area contributed by atoms with Crippen molar-refractivity contribution >= 4 is 40.5 Å². The Morgan fingerprint density at radius 2 is 1.50 bits per heavy atom. The van der Waals surface area contributed by atoms with Crippen LogP contribution in [0, 0.1) is 0 Å². The molecule has 0 fully saturated rings. The van der Waals surface area contributed by atoms with E-state index in [1.165, 1.54) is 6.92 Å². The zero-order chi connectivity index (χ0) is 21.9. The van der Waals surface area contributed by atoms with E-state index in [0.29, 0.717) is 17.8 Å². The average molecular weight is 411 g/mol. The van der Waals surface area contributed by atoms with Crippen molar-refractivity contribution in [1.29, 1.82) is 0 Å². The number of carbonyl (C=O) groups is 3. The zero-order valence-corrected chi connectivity index (χ0v) is 17.8. The summed E-state index contributed by atoms with van der Waals surface area (Å²) in [5.74, 6) is -0.270. The molecular weight excluding hydrogens is 380 g/mol. The van der Waals surface area contributed by atoms with Crippen LogP contribution in [0.1, 0.15) is 39.5 Å². The number of nitrogens with one attached hydrogen (secondary N) is 3. The zero-order valence-electron chi connectivity index (χ0n) is 17.8. The van der Waals surface area contributed by atoms with E-state index in [-0.39, 0.29) is 24.3 Å². The molecule has 2 aromatic carbocycles. The molecule has 0 aliphatic carbocycles. The third-order valence-electron chi connectivity index (χ3n) is 4.62. The van der Waals surface area contributed by atoms with Crippen LogP contribution in [-0.2, 0) is 14.4 Å². The molecule has 0 unspecified atom stereocenters. The fourth-order valence-electron chi connectivity index (χ4n) is 2.81. The van der Waals surface area contributed by atoms with Gasteiger partial charge in [-0.15, -0.1) is 0 Å². The maximum Gasteiger partial charge on any atom is 0.243 e. The molecule has 0 bridgehead atoms. The second kappa shape index (κ2) is 11.6. The second-order valence-electron chi connectivity index (χ2n) is 7.11. The molecule has 0 heterocycles. The number of unbranched alkanes of at least 4 members (excludes halogenated alkanes) is 2. The number of rotatable bonds is 10. The van der Waals surface area contributed by atoms with Crippen LogP contribution in [0.4, 0.5) is 22.7 Å².